The van der Waals surface area contributed by atoms with Crippen LogP contribution in [-0.2, 0) is 0 Å². The zero-order chi connectivity index (χ0) is 26.1. The number of anilines is 1. The van der Waals surface area contributed by atoms with Crippen molar-refractivity contribution in [1.29, 1.82) is 0 Å². The Morgan fingerprint density at radius 3 is 2.65 bits per heavy atom. The molecule has 1 aliphatic heterocycles. The molecule has 1 saturated carbocycles. The van der Waals surface area contributed by atoms with Crippen LogP contribution in [0.1, 0.15) is 72.4 Å². The number of amides is 1. The smallest absolute Gasteiger partial charge is 0.255 e. The molecule has 1 amide bonds. The predicted molar refractivity (Wildman–Crippen MR) is 146 cm³/mol. The van der Waals surface area contributed by atoms with Gasteiger partial charge in [-0.3, -0.25) is 14.8 Å². The summed E-state index contributed by atoms with van der Waals surface area (Å²) in [4.78, 5) is 25.9. The average molecular weight is 504 g/mol. The van der Waals surface area contributed by atoms with Crippen molar-refractivity contribution < 1.29 is 14.3 Å². The molecule has 0 bridgehead atoms. The number of methoxy groups -OCH3 is 2. The van der Waals surface area contributed by atoms with Crippen molar-refractivity contribution in [1.82, 2.24) is 20.6 Å². The number of pyridine rings is 2. The maximum Gasteiger partial charge on any atom is 0.255 e. The number of fused-ring (bicyclic) bond motifs is 1. The van der Waals surface area contributed by atoms with Gasteiger partial charge in [-0.1, -0.05) is 6.07 Å². The lowest BCUT2D eigenvalue weighted by atomic mass is 10.0. The Labute approximate surface area is 218 Å². The van der Waals surface area contributed by atoms with Gasteiger partial charge in [0.2, 0.25) is 0 Å². The minimum absolute atomic E-state index is 0.139. The molecule has 8 heteroatoms. The van der Waals surface area contributed by atoms with Gasteiger partial charge in [0.1, 0.15) is 0 Å². The number of aromatic nitrogens is 2. The van der Waals surface area contributed by atoms with Crippen molar-refractivity contribution in [3.05, 3.63) is 53.0 Å². The first-order valence-corrected chi connectivity index (χ1v) is 13.2. The lowest BCUT2D eigenvalue weighted by Gasteiger charge is -2.27. The fraction of sp³-hybridized carbons (Fsp3) is 0.483. The highest BCUT2D eigenvalue weighted by molar-refractivity contribution is 6.08. The van der Waals surface area contributed by atoms with E-state index in [1.807, 2.05) is 32.0 Å². The van der Waals surface area contributed by atoms with Crippen LogP contribution >= 0.6 is 0 Å². The molecule has 1 aliphatic carbocycles. The molecule has 1 saturated heterocycles. The second-order valence-electron chi connectivity index (χ2n) is 10.3. The van der Waals surface area contributed by atoms with Crippen LogP contribution in [0.15, 0.2) is 30.5 Å². The van der Waals surface area contributed by atoms with Gasteiger partial charge in [-0.05, 0) is 63.8 Å². The zero-order valence-electron chi connectivity index (χ0n) is 22.4. The van der Waals surface area contributed by atoms with Crippen molar-refractivity contribution >= 4 is 22.5 Å². The fourth-order valence-corrected chi connectivity index (χ4v) is 5.20. The molecule has 2 atom stereocenters. The summed E-state index contributed by atoms with van der Waals surface area (Å²) in [6.07, 6.45) is 5.06. The largest absolute Gasteiger partial charge is 0.493 e. The summed E-state index contributed by atoms with van der Waals surface area (Å²) in [7, 11) is 3.23. The normalized spacial score (nSPS) is 18.8. The van der Waals surface area contributed by atoms with E-state index < -0.39 is 0 Å². The van der Waals surface area contributed by atoms with E-state index in [1.165, 1.54) is 0 Å². The highest BCUT2D eigenvalue weighted by Crippen LogP contribution is 2.43. The minimum Gasteiger partial charge on any atom is -0.493 e. The average Bonchev–Trinajstić information content (AvgIpc) is 3.75. The molecule has 3 aromatic rings. The molecule has 0 radical (unpaired) electrons. The van der Waals surface area contributed by atoms with Crippen LogP contribution in [-0.4, -0.2) is 55.8 Å². The monoisotopic (exact) mass is 503 g/mol. The second-order valence-corrected chi connectivity index (χ2v) is 10.3. The first-order valence-electron chi connectivity index (χ1n) is 13.2. The molecule has 196 valence electrons. The molecule has 3 heterocycles. The first-order chi connectivity index (χ1) is 17.9. The summed E-state index contributed by atoms with van der Waals surface area (Å²) in [5.41, 5.74) is 5.47. The Morgan fingerprint density at radius 2 is 1.92 bits per heavy atom. The number of rotatable bonds is 7. The lowest BCUT2D eigenvalue weighted by Crippen LogP contribution is -2.33. The molecule has 2 aromatic heterocycles. The van der Waals surface area contributed by atoms with Gasteiger partial charge >= 0.3 is 0 Å². The van der Waals surface area contributed by atoms with Gasteiger partial charge in [0.25, 0.3) is 5.91 Å². The number of hydrogen-bond donors (Lipinski definition) is 2. The van der Waals surface area contributed by atoms with Crippen molar-refractivity contribution in [3.8, 4) is 11.5 Å². The van der Waals surface area contributed by atoms with Crippen LogP contribution in [0.3, 0.4) is 0 Å². The van der Waals surface area contributed by atoms with Gasteiger partial charge in [0.05, 0.1) is 42.7 Å². The van der Waals surface area contributed by atoms with Gasteiger partial charge in [-0.2, -0.15) is 0 Å². The standard InChI is InChI=1S/C29H37N5O3/c1-17-10-12-34(13-11-30-17)28-22-14-18(2)32-26(20-6-7-20)27(22)31-16-23(28)29(35)33-19(3)21-8-9-24(36-4)25(15-21)37-5/h8-9,14-17,19-20,30H,6-7,10-13H2,1-5H3,(H,33,35)/t17-,19+/m1/s1. The molecule has 2 fully saturated rings. The van der Waals surface area contributed by atoms with E-state index in [0.29, 0.717) is 29.0 Å². The molecule has 5 rings (SSSR count). The SMILES string of the molecule is COc1ccc([C@H](C)NC(=O)c2cnc3c(C4CC4)nc(C)cc3c2N2CCN[C@H](C)CC2)cc1OC. The highest BCUT2D eigenvalue weighted by Gasteiger charge is 2.31. The third kappa shape index (κ3) is 5.21. The number of benzene rings is 1. The molecule has 8 nitrogen and oxygen atoms in total. The number of ether oxygens (including phenoxy) is 2. The summed E-state index contributed by atoms with van der Waals surface area (Å²) < 4.78 is 10.8. The molecule has 2 aliphatic rings. The van der Waals surface area contributed by atoms with Crippen LogP contribution in [0.5, 0.6) is 11.5 Å². The molecule has 37 heavy (non-hydrogen) atoms. The van der Waals surface area contributed by atoms with Crippen molar-refractivity contribution in [2.24, 2.45) is 0 Å². The fourth-order valence-electron chi connectivity index (χ4n) is 5.20. The second kappa shape index (κ2) is 10.5. The Morgan fingerprint density at radius 1 is 1.14 bits per heavy atom. The van der Waals surface area contributed by atoms with Crippen molar-refractivity contribution in [3.63, 3.8) is 0 Å². The van der Waals surface area contributed by atoms with Gasteiger partial charge in [0, 0.05) is 48.9 Å². The van der Waals surface area contributed by atoms with Crippen LogP contribution in [0, 0.1) is 6.92 Å². The third-order valence-corrected chi connectivity index (χ3v) is 7.47. The number of aryl methyl sites for hydroxylation is 1. The van der Waals surface area contributed by atoms with Crippen LogP contribution in [0.25, 0.3) is 10.9 Å². The number of carbonyl (C=O) groups is 1. The number of carbonyl (C=O) groups excluding carboxylic acids is 1. The quantitative estimate of drug-likeness (QED) is 0.490. The Hall–Kier alpha value is -3.39. The number of nitrogens with one attached hydrogen (secondary N) is 2. The zero-order valence-corrected chi connectivity index (χ0v) is 22.4. The van der Waals surface area contributed by atoms with E-state index in [2.05, 4.69) is 28.5 Å². The summed E-state index contributed by atoms with van der Waals surface area (Å²) in [5, 5.41) is 7.80. The van der Waals surface area contributed by atoms with E-state index in [1.54, 1.807) is 20.4 Å². The summed E-state index contributed by atoms with van der Waals surface area (Å²) >= 11 is 0. The Kier molecular flexibility index (Phi) is 7.20. The molecule has 0 unspecified atom stereocenters. The number of nitrogens with zero attached hydrogens (tertiary/aromatic N) is 3. The van der Waals surface area contributed by atoms with E-state index in [4.69, 9.17) is 19.4 Å². The minimum atomic E-state index is -0.233. The van der Waals surface area contributed by atoms with Gasteiger partial charge in [-0.15, -0.1) is 0 Å². The number of hydrogen-bond acceptors (Lipinski definition) is 7. The van der Waals surface area contributed by atoms with E-state index in [-0.39, 0.29) is 11.9 Å². The topological polar surface area (TPSA) is 88.6 Å². The van der Waals surface area contributed by atoms with Gasteiger partial charge in [0.15, 0.2) is 11.5 Å². The van der Waals surface area contributed by atoms with E-state index in [0.717, 1.165) is 72.4 Å². The van der Waals surface area contributed by atoms with Gasteiger partial charge < -0.3 is 25.0 Å². The highest BCUT2D eigenvalue weighted by atomic mass is 16.5. The maximum absolute atomic E-state index is 13.8. The van der Waals surface area contributed by atoms with E-state index >= 15 is 0 Å². The molecule has 1 aromatic carbocycles. The van der Waals surface area contributed by atoms with Crippen LogP contribution in [0.2, 0.25) is 0 Å². The van der Waals surface area contributed by atoms with Crippen molar-refractivity contribution in [2.45, 2.75) is 58.0 Å². The molecule has 0 spiro atoms. The summed E-state index contributed by atoms with van der Waals surface area (Å²) in [6, 6.07) is 8.02. The Bertz CT molecular complexity index is 1310. The van der Waals surface area contributed by atoms with E-state index in [9.17, 15) is 4.79 Å². The third-order valence-electron chi connectivity index (χ3n) is 7.47. The van der Waals surface area contributed by atoms with Crippen molar-refractivity contribution in [2.75, 3.05) is 38.8 Å². The Balaban J connectivity index is 1.54. The van der Waals surface area contributed by atoms with Gasteiger partial charge in [-0.25, -0.2) is 0 Å². The van der Waals surface area contributed by atoms with Crippen LogP contribution in [0.4, 0.5) is 5.69 Å². The molecular formula is C29H37N5O3. The van der Waals surface area contributed by atoms with Crippen LogP contribution < -0.4 is 25.0 Å². The summed E-state index contributed by atoms with van der Waals surface area (Å²) in [6.45, 7) is 8.80. The predicted octanol–water partition coefficient (Wildman–Crippen LogP) is 4.51. The first kappa shape index (κ1) is 25.3. The lowest BCUT2D eigenvalue weighted by molar-refractivity contribution is 0.0940. The summed E-state index contributed by atoms with van der Waals surface area (Å²) in [5.74, 6) is 1.62. The molecule has 2 N–H and O–H groups in total. The maximum atomic E-state index is 13.8. The molecular weight excluding hydrogens is 466 g/mol.